The fourth-order valence-electron chi connectivity index (χ4n) is 1.52. The van der Waals surface area contributed by atoms with E-state index in [1.165, 1.54) is 0 Å². The molecule has 2 N–H and O–H groups in total. The number of rotatable bonds is 5. The van der Waals surface area contributed by atoms with Crippen LogP contribution in [-0.4, -0.2) is 22.0 Å². The Morgan fingerprint density at radius 3 is 2.76 bits per heavy atom. The lowest BCUT2D eigenvalue weighted by atomic mass is 10.1. The summed E-state index contributed by atoms with van der Waals surface area (Å²) in [4.78, 5) is 0. The number of hydrogen-bond donors (Lipinski definition) is 2. The summed E-state index contributed by atoms with van der Waals surface area (Å²) in [6, 6.07) is 9.92. The Morgan fingerprint density at radius 2 is 2.06 bits per heavy atom. The Labute approximate surface area is 105 Å². The van der Waals surface area contributed by atoms with E-state index in [1.54, 1.807) is 0 Å². The molecule has 1 aromatic heterocycles. The molecule has 1 aromatic carbocycles. The van der Waals surface area contributed by atoms with E-state index in [9.17, 15) is 0 Å². The molecule has 4 nitrogen and oxygen atoms in total. The molecule has 2 rings (SSSR count). The number of benzene rings is 1. The van der Waals surface area contributed by atoms with Gasteiger partial charge in [0.1, 0.15) is 11.4 Å². The summed E-state index contributed by atoms with van der Waals surface area (Å²) < 4.78 is 0. The topological polar surface area (TPSA) is 53.6 Å². The second-order valence-electron chi connectivity index (χ2n) is 3.61. The predicted octanol–water partition coefficient (Wildman–Crippen LogP) is 2.31. The first-order chi connectivity index (χ1) is 8.27. The fourth-order valence-corrected chi connectivity index (χ4v) is 1.61. The first-order valence-corrected chi connectivity index (χ1v) is 5.64. The minimum atomic E-state index is 0.558. The van der Waals surface area contributed by atoms with Crippen molar-refractivity contribution in [3.63, 3.8) is 0 Å². The van der Waals surface area contributed by atoms with Gasteiger partial charge in [-0.1, -0.05) is 48.5 Å². The molecule has 0 spiro atoms. The Bertz CT molecular complexity index is 492. The smallest absolute Gasteiger partial charge is 0.117 e. The monoisotopic (exact) mass is 248 g/mol. The van der Waals surface area contributed by atoms with Crippen molar-refractivity contribution in [1.82, 2.24) is 20.7 Å². The van der Waals surface area contributed by atoms with Gasteiger partial charge < -0.3 is 5.32 Å². The van der Waals surface area contributed by atoms with Gasteiger partial charge in [0.2, 0.25) is 0 Å². The van der Waals surface area contributed by atoms with Gasteiger partial charge in [0.25, 0.3) is 0 Å². The molecule has 1 heterocycles. The van der Waals surface area contributed by atoms with Crippen molar-refractivity contribution in [3.8, 4) is 11.3 Å². The molecule has 0 aliphatic carbocycles. The Morgan fingerprint density at radius 1 is 1.29 bits per heavy atom. The van der Waals surface area contributed by atoms with Crippen molar-refractivity contribution in [2.45, 2.75) is 6.54 Å². The van der Waals surface area contributed by atoms with Crippen molar-refractivity contribution >= 4 is 11.6 Å². The highest BCUT2D eigenvalue weighted by atomic mass is 35.5. The van der Waals surface area contributed by atoms with Gasteiger partial charge in [-0.3, -0.25) is 0 Å². The van der Waals surface area contributed by atoms with E-state index < -0.39 is 0 Å². The van der Waals surface area contributed by atoms with Gasteiger partial charge in [-0.25, -0.2) is 0 Å². The van der Waals surface area contributed by atoms with Gasteiger partial charge in [0.15, 0.2) is 0 Å². The van der Waals surface area contributed by atoms with Gasteiger partial charge in [-0.2, -0.15) is 15.4 Å². The molecule has 2 aromatic rings. The third-order valence-corrected chi connectivity index (χ3v) is 2.41. The highest BCUT2D eigenvalue weighted by molar-refractivity contribution is 6.29. The molecule has 17 heavy (non-hydrogen) atoms. The maximum atomic E-state index is 5.67. The van der Waals surface area contributed by atoms with Crippen molar-refractivity contribution < 1.29 is 0 Å². The van der Waals surface area contributed by atoms with E-state index in [2.05, 4.69) is 27.3 Å². The average Bonchev–Trinajstić information content (AvgIpc) is 2.78. The minimum Gasteiger partial charge on any atom is -0.306 e. The van der Waals surface area contributed by atoms with Crippen molar-refractivity contribution in [3.05, 3.63) is 47.6 Å². The summed E-state index contributed by atoms with van der Waals surface area (Å²) >= 11 is 5.67. The van der Waals surface area contributed by atoms with Gasteiger partial charge in [-0.05, 0) is 0 Å². The summed E-state index contributed by atoms with van der Waals surface area (Å²) in [7, 11) is 0. The Hall–Kier alpha value is -1.65. The van der Waals surface area contributed by atoms with E-state index in [-0.39, 0.29) is 0 Å². The predicted molar refractivity (Wildman–Crippen MR) is 68.5 cm³/mol. The van der Waals surface area contributed by atoms with Crippen molar-refractivity contribution in [1.29, 1.82) is 0 Å². The van der Waals surface area contributed by atoms with Crippen LogP contribution in [0.5, 0.6) is 0 Å². The molecular weight excluding hydrogens is 236 g/mol. The zero-order valence-corrected chi connectivity index (χ0v) is 10.0. The quantitative estimate of drug-likeness (QED) is 0.854. The van der Waals surface area contributed by atoms with E-state index in [4.69, 9.17) is 11.6 Å². The lowest BCUT2D eigenvalue weighted by Gasteiger charge is -2.02. The van der Waals surface area contributed by atoms with Crippen LogP contribution in [0.25, 0.3) is 11.3 Å². The summed E-state index contributed by atoms with van der Waals surface area (Å²) in [6.45, 7) is 4.78. The number of nitrogens with zero attached hydrogens (tertiary/aromatic N) is 2. The molecule has 0 fully saturated rings. The van der Waals surface area contributed by atoms with E-state index in [0.29, 0.717) is 18.1 Å². The number of aromatic amines is 1. The molecule has 0 amide bonds. The minimum absolute atomic E-state index is 0.558. The molecule has 0 bridgehead atoms. The second kappa shape index (κ2) is 5.61. The first kappa shape index (κ1) is 11.8. The number of hydrogen-bond acceptors (Lipinski definition) is 3. The van der Waals surface area contributed by atoms with Crippen LogP contribution >= 0.6 is 11.6 Å². The molecule has 0 unspecified atom stereocenters. The molecule has 0 aliphatic rings. The van der Waals surface area contributed by atoms with Crippen LogP contribution < -0.4 is 5.32 Å². The zero-order valence-electron chi connectivity index (χ0n) is 9.28. The lowest BCUT2D eigenvalue weighted by molar-refractivity contribution is 0.731. The maximum Gasteiger partial charge on any atom is 0.117 e. The number of halogens is 1. The molecule has 88 valence electrons. The summed E-state index contributed by atoms with van der Waals surface area (Å²) in [5.74, 6) is 0. The lowest BCUT2D eigenvalue weighted by Crippen LogP contribution is -2.15. The summed E-state index contributed by atoms with van der Waals surface area (Å²) in [5, 5.41) is 14.6. The molecule has 5 heteroatoms. The second-order valence-corrected chi connectivity index (χ2v) is 4.14. The van der Waals surface area contributed by atoms with Crippen LogP contribution in [0.2, 0.25) is 0 Å². The highest BCUT2D eigenvalue weighted by Crippen LogP contribution is 2.18. The van der Waals surface area contributed by atoms with Crippen LogP contribution in [0.4, 0.5) is 0 Å². The third kappa shape index (κ3) is 3.15. The Kier molecular flexibility index (Phi) is 3.90. The van der Waals surface area contributed by atoms with Crippen LogP contribution in [0.3, 0.4) is 0 Å². The first-order valence-electron chi connectivity index (χ1n) is 5.26. The Balaban J connectivity index is 2.10. The van der Waals surface area contributed by atoms with E-state index >= 15 is 0 Å². The van der Waals surface area contributed by atoms with Gasteiger partial charge in [0.05, 0.1) is 0 Å². The highest BCUT2D eigenvalue weighted by Gasteiger charge is 2.08. The zero-order chi connectivity index (χ0) is 12.1. The van der Waals surface area contributed by atoms with Crippen molar-refractivity contribution in [2.24, 2.45) is 0 Å². The normalized spacial score (nSPS) is 10.4. The van der Waals surface area contributed by atoms with E-state index in [0.717, 1.165) is 17.0 Å². The molecular formula is C12H13ClN4. The van der Waals surface area contributed by atoms with Gasteiger partial charge in [0, 0.05) is 23.7 Å². The number of H-pyrrole nitrogens is 1. The standard InChI is InChI=1S/C12H13ClN4/c1-9(13)7-14-8-11-12(16-17-15-11)10-5-3-2-4-6-10/h2-6,14H,1,7-8H2,(H,15,16,17). The van der Waals surface area contributed by atoms with Crippen LogP contribution in [0, 0.1) is 0 Å². The maximum absolute atomic E-state index is 5.67. The largest absolute Gasteiger partial charge is 0.306 e. The van der Waals surface area contributed by atoms with Crippen molar-refractivity contribution in [2.75, 3.05) is 6.54 Å². The average molecular weight is 249 g/mol. The molecule has 0 saturated heterocycles. The molecule has 0 radical (unpaired) electrons. The van der Waals surface area contributed by atoms with Gasteiger partial charge in [-0.15, -0.1) is 0 Å². The molecule has 0 aliphatic heterocycles. The van der Waals surface area contributed by atoms with E-state index in [1.807, 2.05) is 30.3 Å². The van der Waals surface area contributed by atoms with Crippen LogP contribution in [-0.2, 0) is 6.54 Å². The summed E-state index contributed by atoms with van der Waals surface area (Å²) in [5.41, 5.74) is 2.77. The number of nitrogens with one attached hydrogen (secondary N) is 2. The van der Waals surface area contributed by atoms with Crippen LogP contribution in [0.1, 0.15) is 5.69 Å². The van der Waals surface area contributed by atoms with Gasteiger partial charge >= 0.3 is 0 Å². The SMILES string of the molecule is C=C(Cl)CNCc1n[nH]nc1-c1ccccc1. The van der Waals surface area contributed by atoms with Crippen LogP contribution in [0.15, 0.2) is 41.9 Å². The number of aromatic nitrogens is 3. The summed E-state index contributed by atoms with van der Waals surface area (Å²) in [6.07, 6.45) is 0. The molecule has 0 atom stereocenters. The third-order valence-electron chi connectivity index (χ3n) is 2.28. The molecule has 0 saturated carbocycles. The fraction of sp³-hybridized carbons (Fsp3) is 0.167.